The summed E-state index contributed by atoms with van der Waals surface area (Å²) in [6, 6.07) is 1.59. The van der Waals surface area contributed by atoms with Crippen LogP contribution >= 0.6 is 0 Å². The van der Waals surface area contributed by atoms with Crippen LogP contribution in [-0.4, -0.2) is 62.2 Å². The van der Waals surface area contributed by atoms with Gasteiger partial charge in [-0.25, -0.2) is 0 Å². The average molecular weight is 211 g/mol. The van der Waals surface area contributed by atoms with E-state index in [1.54, 1.807) is 0 Å². The van der Waals surface area contributed by atoms with Crippen molar-refractivity contribution in [2.45, 2.75) is 37.8 Å². The maximum Gasteiger partial charge on any atom is 0.0192 e. The Morgan fingerprint density at radius 2 is 1.80 bits per heavy atom. The van der Waals surface area contributed by atoms with Crippen LogP contribution in [0.5, 0.6) is 0 Å². The molecule has 0 spiro atoms. The van der Waals surface area contributed by atoms with Gasteiger partial charge in [-0.05, 0) is 59.4 Å². The van der Waals surface area contributed by atoms with E-state index in [1.165, 1.54) is 51.9 Å². The predicted molar refractivity (Wildman–Crippen MR) is 64.2 cm³/mol. The number of rotatable bonds is 2. The number of hydrogen-bond acceptors (Lipinski definition) is 3. The number of nitrogens with one attached hydrogen (secondary N) is 1. The summed E-state index contributed by atoms with van der Waals surface area (Å²) in [5, 5.41) is 3.43. The van der Waals surface area contributed by atoms with Crippen LogP contribution in [0.25, 0.3) is 0 Å². The summed E-state index contributed by atoms with van der Waals surface area (Å²) < 4.78 is 0. The van der Waals surface area contributed by atoms with Crippen molar-refractivity contribution >= 4 is 0 Å². The third kappa shape index (κ3) is 2.92. The second-order valence-corrected chi connectivity index (χ2v) is 5.16. The van der Waals surface area contributed by atoms with Crippen LogP contribution in [0.1, 0.15) is 25.7 Å². The molecular weight excluding hydrogens is 186 g/mol. The summed E-state index contributed by atoms with van der Waals surface area (Å²) in [6.45, 7) is 5.16. The normalized spacial score (nSPS) is 32.0. The molecule has 0 amide bonds. The van der Waals surface area contributed by atoms with E-state index < -0.39 is 0 Å². The molecule has 2 fully saturated rings. The van der Waals surface area contributed by atoms with E-state index in [2.05, 4.69) is 29.2 Å². The second kappa shape index (κ2) is 5.28. The van der Waals surface area contributed by atoms with Crippen LogP contribution in [0.15, 0.2) is 0 Å². The fourth-order valence-corrected chi connectivity index (χ4v) is 2.93. The molecule has 0 aliphatic carbocycles. The molecule has 0 aromatic rings. The summed E-state index contributed by atoms with van der Waals surface area (Å²) in [7, 11) is 4.34. The maximum atomic E-state index is 3.43. The Morgan fingerprint density at radius 1 is 1.07 bits per heavy atom. The number of likely N-dealkylation sites (N-methyl/N-ethyl adjacent to an activating group) is 1. The van der Waals surface area contributed by atoms with Gasteiger partial charge in [0.15, 0.2) is 0 Å². The Labute approximate surface area is 93.8 Å². The minimum atomic E-state index is 0.735. The summed E-state index contributed by atoms with van der Waals surface area (Å²) in [5.74, 6) is 0. The van der Waals surface area contributed by atoms with Crippen molar-refractivity contribution in [3.63, 3.8) is 0 Å². The average Bonchev–Trinajstić information content (AvgIpc) is 2.30. The third-order valence-electron chi connectivity index (χ3n) is 4.07. The van der Waals surface area contributed by atoms with Crippen LogP contribution < -0.4 is 5.32 Å². The summed E-state index contributed by atoms with van der Waals surface area (Å²) in [6.07, 6.45) is 5.47. The van der Waals surface area contributed by atoms with Gasteiger partial charge < -0.3 is 10.2 Å². The van der Waals surface area contributed by atoms with Gasteiger partial charge in [0.25, 0.3) is 0 Å². The topological polar surface area (TPSA) is 18.5 Å². The quantitative estimate of drug-likeness (QED) is 0.728. The first-order valence-electron chi connectivity index (χ1n) is 6.39. The Morgan fingerprint density at radius 3 is 2.47 bits per heavy atom. The number of likely N-dealkylation sites (tertiary alicyclic amines) is 2. The number of piperidine rings is 2. The summed E-state index contributed by atoms with van der Waals surface area (Å²) in [4.78, 5) is 5.17. The molecule has 0 aromatic carbocycles. The molecule has 0 radical (unpaired) electrons. The molecule has 1 atom stereocenters. The van der Waals surface area contributed by atoms with Gasteiger partial charge in [-0.1, -0.05) is 0 Å². The Bertz CT molecular complexity index is 187. The minimum absolute atomic E-state index is 0.735. The molecule has 0 bridgehead atoms. The molecule has 2 rings (SSSR count). The van der Waals surface area contributed by atoms with E-state index in [9.17, 15) is 0 Å². The monoisotopic (exact) mass is 211 g/mol. The molecule has 1 N–H and O–H groups in total. The molecule has 2 heterocycles. The predicted octanol–water partition coefficient (Wildman–Crippen LogP) is 0.764. The SMILES string of the molecule is CNC1CCCN(C2CCN(C)CC2)C1. The lowest BCUT2D eigenvalue weighted by Gasteiger charge is -2.41. The Balaban J connectivity index is 1.82. The Hall–Kier alpha value is -0.120. The van der Waals surface area contributed by atoms with Crippen LogP contribution in [0.3, 0.4) is 0 Å². The van der Waals surface area contributed by atoms with Crippen LogP contribution in [0.4, 0.5) is 0 Å². The van der Waals surface area contributed by atoms with Gasteiger partial charge in [0.2, 0.25) is 0 Å². The van der Waals surface area contributed by atoms with E-state index in [0.717, 1.165) is 12.1 Å². The lowest BCUT2D eigenvalue weighted by atomic mass is 9.98. The first-order chi connectivity index (χ1) is 7.29. The summed E-state index contributed by atoms with van der Waals surface area (Å²) in [5.41, 5.74) is 0. The zero-order valence-corrected chi connectivity index (χ0v) is 10.2. The number of nitrogens with zero attached hydrogens (tertiary/aromatic N) is 2. The van der Waals surface area contributed by atoms with Gasteiger partial charge >= 0.3 is 0 Å². The molecular formula is C12H25N3. The van der Waals surface area contributed by atoms with Crippen molar-refractivity contribution in [3.05, 3.63) is 0 Å². The molecule has 3 nitrogen and oxygen atoms in total. The zero-order valence-electron chi connectivity index (χ0n) is 10.2. The van der Waals surface area contributed by atoms with Gasteiger partial charge in [-0.3, -0.25) is 4.90 Å². The molecule has 88 valence electrons. The van der Waals surface area contributed by atoms with E-state index in [4.69, 9.17) is 0 Å². The van der Waals surface area contributed by atoms with Crippen molar-refractivity contribution in [3.8, 4) is 0 Å². The van der Waals surface area contributed by atoms with E-state index in [0.29, 0.717) is 0 Å². The van der Waals surface area contributed by atoms with Crippen LogP contribution in [-0.2, 0) is 0 Å². The number of hydrogen-bond donors (Lipinski definition) is 1. The maximum absolute atomic E-state index is 3.43. The second-order valence-electron chi connectivity index (χ2n) is 5.16. The van der Waals surface area contributed by atoms with Crippen LogP contribution in [0, 0.1) is 0 Å². The van der Waals surface area contributed by atoms with E-state index in [-0.39, 0.29) is 0 Å². The van der Waals surface area contributed by atoms with Gasteiger partial charge in [0.1, 0.15) is 0 Å². The van der Waals surface area contributed by atoms with Gasteiger partial charge in [0.05, 0.1) is 0 Å². The largest absolute Gasteiger partial charge is 0.316 e. The fraction of sp³-hybridized carbons (Fsp3) is 1.00. The highest BCUT2D eigenvalue weighted by atomic mass is 15.2. The van der Waals surface area contributed by atoms with E-state index in [1.807, 2.05) is 0 Å². The standard InChI is InChI=1S/C12H25N3/c1-13-11-4-3-7-15(10-11)12-5-8-14(2)9-6-12/h11-13H,3-10H2,1-2H3. The molecule has 0 saturated carbocycles. The minimum Gasteiger partial charge on any atom is -0.316 e. The zero-order chi connectivity index (χ0) is 10.7. The lowest BCUT2D eigenvalue weighted by molar-refractivity contribution is 0.0896. The highest BCUT2D eigenvalue weighted by Crippen LogP contribution is 2.20. The van der Waals surface area contributed by atoms with Gasteiger partial charge in [0, 0.05) is 18.6 Å². The molecule has 2 aliphatic heterocycles. The van der Waals surface area contributed by atoms with Gasteiger partial charge in [-0.15, -0.1) is 0 Å². The Kier molecular flexibility index (Phi) is 4.00. The fourth-order valence-electron chi connectivity index (χ4n) is 2.93. The molecule has 1 unspecified atom stereocenters. The molecule has 0 aromatic heterocycles. The lowest BCUT2D eigenvalue weighted by Crippen LogP contribution is -2.51. The van der Waals surface area contributed by atoms with Gasteiger partial charge in [-0.2, -0.15) is 0 Å². The molecule has 2 saturated heterocycles. The van der Waals surface area contributed by atoms with Crippen molar-refractivity contribution in [2.24, 2.45) is 0 Å². The van der Waals surface area contributed by atoms with Crippen molar-refractivity contribution < 1.29 is 0 Å². The van der Waals surface area contributed by atoms with Crippen LogP contribution in [0.2, 0.25) is 0 Å². The highest BCUT2D eigenvalue weighted by molar-refractivity contribution is 4.84. The first kappa shape index (κ1) is 11.4. The summed E-state index contributed by atoms with van der Waals surface area (Å²) >= 11 is 0. The van der Waals surface area contributed by atoms with Crippen molar-refractivity contribution in [1.82, 2.24) is 15.1 Å². The molecule has 15 heavy (non-hydrogen) atoms. The van der Waals surface area contributed by atoms with E-state index >= 15 is 0 Å². The van der Waals surface area contributed by atoms with Crippen molar-refractivity contribution in [2.75, 3.05) is 40.3 Å². The van der Waals surface area contributed by atoms with Crippen molar-refractivity contribution in [1.29, 1.82) is 0 Å². The smallest absolute Gasteiger partial charge is 0.0192 e. The first-order valence-corrected chi connectivity index (χ1v) is 6.39. The molecule has 2 aliphatic rings. The highest BCUT2D eigenvalue weighted by Gasteiger charge is 2.27. The third-order valence-corrected chi connectivity index (χ3v) is 4.07. The molecule has 3 heteroatoms.